The van der Waals surface area contributed by atoms with Gasteiger partial charge in [0.1, 0.15) is 5.76 Å². The third-order valence-electron chi connectivity index (χ3n) is 6.51. The Morgan fingerprint density at radius 3 is 2.26 bits per heavy atom. The van der Waals surface area contributed by atoms with Gasteiger partial charge in [-0.3, -0.25) is 14.5 Å². The van der Waals surface area contributed by atoms with Gasteiger partial charge in [-0.2, -0.15) is 0 Å². The van der Waals surface area contributed by atoms with Crippen LogP contribution in [-0.4, -0.2) is 21.8 Å². The van der Waals surface area contributed by atoms with E-state index in [-0.39, 0.29) is 11.3 Å². The van der Waals surface area contributed by atoms with Crippen LogP contribution in [-0.2, 0) is 9.59 Å². The van der Waals surface area contributed by atoms with E-state index in [0.29, 0.717) is 10.7 Å². The van der Waals surface area contributed by atoms with Gasteiger partial charge in [-0.1, -0.05) is 64.9 Å². The van der Waals surface area contributed by atoms with Crippen molar-refractivity contribution >= 4 is 44.1 Å². The molecule has 1 aliphatic rings. The van der Waals surface area contributed by atoms with Gasteiger partial charge in [0.05, 0.1) is 21.8 Å². The summed E-state index contributed by atoms with van der Waals surface area (Å²) in [7, 11) is 0. The molecule has 1 saturated heterocycles. The number of carbonyl (C=O) groups is 2. The Morgan fingerprint density at radius 1 is 0.857 bits per heavy atom. The van der Waals surface area contributed by atoms with Crippen molar-refractivity contribution in [2.75, 3.05) is 4.90 Å². The van der Waals surface area contributed by atoms with E-state index in [9.17, 15) is 14.7 Å². The van der Waals surface area contributed by atoms with Gasteiger partial charge in [-0.15, -0.1) is 0 Å². The minimum Gasteiger partial charge on any atom is -0.507 e. The first-order valence-electron chi connectivity index (χ1n) is 11.5. The highest BCUT2D eigenvalue weighted by molar-refractivity contribution is 7.22. The van der Waals surface area contributed by atoms with E-state index >= 15 is 0 Å². The summed E-state index contributed by atoms with van der Waals surface area (Å²) < 4.78 is 0.955. The average molecular weight is 483 g/mol. The Balaban J connectivity index is 1.77. The molecule has 1 amide bonds. The molecule has 6 heteroatoms. The number of amides is 1. The average Bonchev–Trinajstić information content (AvgIpc) is 3.34. The standard InChI is InChI=1S/C29H26N2O3S/c1-15-7-10-20(11-8-15)25-23(26(32)21-13-16(2)6-9-18(21)4)27(33)28(34)31(25)29-30-24-19(5)12-17(3)14-22(24)35-29/h6-14,25,32H,1-5H3. The number of carbonyl (C=O) groups excluding carboxylic acids is 2. The van der Waals surface area contributed by atoms with E-state index in [1.807, 2.05) is 83.1 Å². The zero-order valence-electron chi connectivity index (χ0n) is 20.3. The molecule has 1 fully saturated rings. The first-order valence-corrected chi connectivity index (χ1v) is 12.3. The van der Waals surface area contributed by atoms with Gasteiger partial charge in [0.2, 0.25) is 0 Å². The number of hydrogen-bond acceptors (Lipinski definition) is 5. The summed E-state index contributed by atoms with van der Waals surface area (Å²) in [4.78, 5) is 33.2. The maximum absolute atomic E-state index is 13.5. The van der Waals surface area contributed by atoms with Crippen LogP contribution >= 0.6 is 11.3 Å². The van der Waals surface area contributed by atoms with Crippen molar-refractivity contribution in [3.05, 3.63) is 99.1 Å². The van der Waals surface area contributed by atoms with Crippen LogP contribution in [0.25, 0.3) is 16.0 Å². The topological polar surface area (TPSA) is 70.5 Å². The van der Waals surface area contributed by atoms with Crippen molar-refractivity contribution in [2.24, 2.45) is 0 Å². The molecule has 1 atom stereocenters. The van der Waals surface area contributed by atoms with Gasteiger partial charge < -0.3 is 5.11 Å². The predicted molar refractivity (Wildman–Crippen MR) is 141 cm³/mol. The van der Waals surface area contributed by atoms with Crippen molar-refractivity contribution in [1.82, 2.24) is 4.98 Å². The van der Waals surface area contributed by atoms with Crippen LogP contribution in [0.2, 0.25) is 0 Å². The second-order valence-electron chi connectivity index (χ2n) is 9.32. The highest BCUT2D eigenvalue weighted by atomic mass is 32.1. The van der Waals surface area contributed by atoms with Crippen LogP contribution in [0.1, 0.15) is 45.0 Å². The van der Waals surface area contributed by atoms with Crippen molar-refractivity contribution in [3.63, 3.8) is 0 Å². The molecular weight excluding hydrogens is 456 g/mol. The third kappa shape index (κ3) is 3.84. The highest BCUT2D eigenvalue weighted by Gasteiger charge is 2.48. The summed E-state index contributed by atoms with van der Waals surface area (Å²) in [5.41, 5.74) is 7.16. The zero-order chi connectivity index (χ0) is 25.0. The van der Waals surface area contributed by atoms with Crippen LogP contribution in [0, 0.1) is 34.6 Å². The van der Waals surface area contributed by atoms with Crippen molar-refractivity contribution in [3.8, 4) is 0 Å². The summed E-state index contributed by atoms with van der Waals surface area (Å²) >= 11 is 1.38. The molecule has 5 nitrogen and oxygen atoms in total. The Hall–Kier alpha value is -3.77. The molecule has 0 saturated carbocycles. The predicted octanol–water partition coefficient (Wildman–Crippen LogP) is 6.46. The quantitative estimate of drug-likeness (QED) is 0.207. The molecule has 5 rings (SSSR count). The largest absolute Gasteiger partial charge is 0.507 e. The van der Waals surface area contributed by atoms with Crippen LogP contribution < -0.4 is 4.90 Å². The number of aryl methyl sites for hydroxylation is 5. The number of hydrogen-bond donors (Lipinski definition) is 1. The van der Waals surface area contributed by atoms with E-state index in [0.717, 1.165) is 43.6 Å². The fraction of sp³-hybridized carbons (Fsp3) is 0.207. The number of aromatic nitrogens is 1. The van der Waals surface area contributed by atoms with Crippen LogP contribution in [0.3, 0.4) is 0 Å². The first kappa shape index (κ1) is 23.0. The molecule has 1 N–H and O–H groups in total. The number of ketones is 1. The number of thiazole rings is 1. The lowest BCUT2D eigenvalue weighted by Crippen LogP contribution is -2.29. The molecule has 0 aliphatic carbocycles. The molecule has 0 radical (unpaired) electrons. The number of aliphatic hydroxyl groups excluding tert-OH is 1. The molecule has 3 aromatic carbocycles. The molecule has 1 unspecified atom stereocenters. The van der Waals surface area contributed by atoms with E-state index < -0.39 is 17.7 Å². The monoisotopic (exact) mass is 482 g/mol. The van der Waals surface area contributed by atoms with Gasteiger partial charge in [-0.25, -0.2) is 4.98 Å². The number of anilines is 1. The van der Waals surface area contributed by atoms with Gasteiger partial charge in [0, 0.05) is 5.56 Å². The number of aliphatic hydroxyl groups is 1. The SMILES string of the molecule is Cc1ccc(C2C(=C(O)c3cc(C)ccc3C)C(=O)C(=O)N2c2nc3c(C)cc(C)cc3s2)cc1. The Bertz CT molecular complexity index is 1550. The van der Waals surface area contributed by atoms with E-state index in [2.05, 4.69) is 6.07 Å². The second-order valence-corrected chi connectivity index (χ2v) is 10.3. The lowest BCUT2D eigenvalue weighted by Gasteiger charge is -2.23. The van der Waals surface area contributed by atoms with Crippen LogP contribution in [0.5, 0.6) is 0 Å². The molecule has 0 spiro atoms. The number of rotatable bonds is 3. The third-order valence-corrected chi connectivity index (χ3v) is 7.51. The zero-order valence-corrected chi connectivity index (χ0v) is 21.2. The van der Waals surface area contributed by atoms with E-state index in [1.54, 1.807) is 0 Å². The molecule has 176 valence electrons. The molecule has 35 heavy (non-hydrogen) atoms. The van der Waals surface area contributed by atoms with Crippen LogP contribution in [0.15, 0.2) is 60.2 Å². The summed E-state index contributed by atoms with van der Waals surface area (Å²) in [6.45, 7) is 9.80. The number of Topliss-reactive ketones (excluding diaryl/α,β-unsaturated/α-hetero) is 1. The van der Waals surface area contributed by atoms with Gasteiger partial charge in [0.25, 0.3) is 5.78 Å². The van der Waals surface area contributed by atoms with Crippen molar-refractivity contribution < 1.29 is 14.7 Å². The van der Waals surface area contributed by atoms with Gasteiger partial charge >= 0.3 is 5.91 Å². The maximum Gasteiger partial charge on any atom is 0.301 e. The smallest absolute Gasteiger partial charge is 0.301 e. The summed E-state index contributed by atoms with van der Waals surface area (Å²) in [5.74, 6) is -1.55. The molecule has 4 aromatic rings. The highest BCUT2D eigenvalue weighted by Crippen LogP contribution is 2.45. The van der Waals surface area contributed by atoms with Crippen LogP contribution in [0.4, 0.5) is 5.13 Å². The van der Waals surface area contributed by atoms with Crippen molar-refractivity contribution in [2.45, 2.75) is 40.7 Å². The molecule has 2 heterocycles. The second kappa shape index (κ2) is 8.47. The summed E-state index contributed by atoms with van der Waals surface area (Å²) in [6.07, 6.45) is 0. The van der Waals surface area contributed by atoms with Crippen molar-refractivity contribution in [1.29, 1.82) is 0 Å². The lowest BCUT2D eigenvalue weighted by molar-refractivity contribution is -0.132. The number of fused-ring (bicyclic) bond motifs is 1. The molecular formula is C29H26N2O3S. The first-order chi connectivity index (χ1) is 16.7. The minimum atomic E-state index is -0.780. The number of benzene rings is 3. The molecule has 1 aliphatic heterocycles. The maximum atomic E-state index is 13.5. The van der Waals surface area contributed by atoms with E-state index in [1.165, 1.54) is 16.2 Å². The minimum absolute atomic E-state index is 0.0831. The summed E-state index contributed by atoms with van der Waals surface area (Å²) in [5, 5.41) is 11.9. The van der Waals surface area contributed by atoms with E-state index in [4.69, 9.17) is 4.98 Å². The normalized spacial score (nSPS) is 17.5. The fourth-order valence-corrected chi connectivity index (χ4v) is 5.86. The Labute approximate surface area is 208 Å². The fourth-order valence-electron chi connectivity index (χ4n) is 4.69. The summed E-state index contributed by atoms with van der Waals surface area (Å²) in [6, 6.07) is 16.7. The Morgan fingerprint density at radius 2 is 1.54 bits per heavy atom. The molecule has 0 bridgehead atoms. The van der Waals surface area contributed by atoms with Gasteiger partial charge in [0.15, 0.2) is 5.13 Å². The lowest BCUT2D eigenvalue weighted by atomic mass is 9.93. The Kier molecular flexibility index (Phi) is 5.56. The van der Waals surface area contributed by atoms with Gasteiger partial charge in [-0.05, 0) is 69.0 Å². The molecule has 1 aromatic heterocycles. The number of nitrogens with zero attached hydrogens (tertiary/aromatic N) is 2.